The normalized spacial score (nSPS) is 12.4. The van der Waals surface area contributed by atoms with Gasteiger partial charge < -0.3 is 9.84 Å². The largest absolute Gasteiger partial charge is 0.479 e. The van der Waals surface area contributed by atoms with Crippen LogP contribution in [-0.2, 0) is 16.1 Å². The van der Waals surface area contributed by atoms with E-state index in [1.165, 1.54) is 6.92 Å². The van der Waals surface area contributed by atoms with Crippen LogP contribution in [0.3, 0.4) is 0 Å². The molecule has 0 aromatic heterocycles. The van der Waals surface area contributed by atoms with Crippen molar-refractivity contribution in [2.75, 3.05) is 0 Å². The smallest absolute Gasteiger partial charge is 0.332 e. The summed E-state index contributed by atoms with van der Waals surface area (Å²) in [5.41, 5.74) is 0.794. The fourth-order valence-electron chi connectivity index (χ4n) is 0.902. The van der Waals surface area contributed by atoms with E-state index in [0.717, 1.165) is 5.56 Å². The third-order valence-electron chi connectivity index (χ3n) is 1.79. The second kappa shape index (κ2) is 4.98. The number of carboxylic acids is 1. The summed E-state index contributed by atoms with van der Waals surface area (Å²) in [6.45, 7) is 1.70. The molecule has 0 heterocycles. The van der Waals surface area contributed by atoms with Crippen LogP contribution in [0.1, 0.15) is 12.5 Å². The number of aliphatic carboxylic acids is 1. The van der Waals surface area contributed by atoms with Gasteiger partial charge in [0.25, 0.3) is 0 Å². The number of rotatable bonds is 4. The molecular formula is C10H11ClO3. The van der Waals surface area contributed by atoms with Gasteiger partial charge in [-0.3, -0.25) is 0 Å². The highest BCUT2D eigenvalue weighted by atomic mass is 35.5. The molecule has 1 aromatic carbocycles. The fourth-order valence-corrected chi connectivity index (χ4v) is 1.09. The number of hydrogen-bond acceptors (Lipinski definition) is 2. The minimum Gasteiger partial charge on any atom is -0.479 e. The second-order valence-corrected chi connectivity index (χ2v) is 3.29. The third-order valence-corrected chi connectivity index (χ3v) is 2.16. The van der Waals surface area contributed by atoms with Gasteiger partial charge in [-0.1, -0.05) is 29.8 Å². The topological polar surface area (TPSA) is 46.5 Å². The van der Waals surface area contributed by atoms with E-state index in [1.807, 2.05) is 12.1 Å². The van der Waals surface area contributed by atoms with Gasteiger partial charge in [0.2, 0.25) is 0 Å². The van der Waals surface area contributed by atoms with E-state index in [1.54, 1.807) is 12.1 Å². The van der Waals surface area contributed by atoms with Gasteiger partial charge in [0.1, 0.15) is 0 Å². The summed E-state index contributed by atoms with van der Waals surface area (Å²) in [6.07, 6.45) is -0.814. The SMILES string of the molecule is CC(OCc1ccccc1Cl)C(=O)O. The number of ether oxygens (including phenoxy) is 1. The molecule has 1 rings (SSSR count). The third kappa shape index (κ3) is 3.01. The van der Waals surface area contributed by atoms with Gasteiger partial charge in [-0.15, -0.1) is 0 Å². The van der Waals surface area contributed by atoms with Gasteiger partial charge in [0.15, 0.2) is 6.10 Å². The van der Waals surface area contributed by atoms with Crippen LogP contribution in [-0.4, -0.2) is 17.2 Å². The molecule has 0 aliphatic rings. The molecule has 0 amide bonds. The summed E-state index contributed by atoms with van der Waals surface area (Å²) in [4.78, 5) is 10.4. The lowest BCUT2D eigenvalue weighted by Crippen LogP contribution is -2.19. The number of benzene rings is 1. The van der Waals surface area contributed by atoms with Crippen molar-refractivity contribution in [1.29, 1.82) is 0 Å². The van der Waals surface area contributed by atoms with Gasteiger partial charge in [0, 0.05) is 5.02 Å². The summed E-state index contributed by atoms with van der Waals surface area (Å²) in [5, 5.41) is 9.16. The van der Waals surface area contributed by atoms with Crippen molar-refractivity contribution in [3.05, 3.63) is 34.9 Å². The standard InChI is InChI=1S/C10H11ClO3/c1-7(10(12)13)14-6-8-4-2-3-5-9(8)11/h2-5,7H,6H2,1H3,(H,12,13). The minimum atomic E-state index is -0.975. The molecule has 1 N–H and O–H groups in total. The van der Waals surface area contributed by atoms with Crippen molar-refractivity contribution in [3.8, 4) is 0 Å². The Kier molecular flexibility index (Phi) is 3.92. The van der Waals surface area contributed by atoms with Crippen LogP contribution in [0, 0.1) is 0 Å². The zero-order valence-corrected chi connectivity index (χ0v) is 8.49. The van der Waals surface area contributed by atoms with Crippen molar-refractivity contribution in [2.24, 2.45) is 0 Å². The number of carboxylic acid groups (broad SMARTS) is 1. The van der Waals surface area contributed by atoms with Crippen LogP contribution in [0.15, 0.2) is 24.3 Å². The van der Waals surface area contributed by atoms with Crippen LogP contribution < -0.4 is 0 Å². The van der Waals surface area contributed by atoms with Crippen molar-refractivity contribution in [2.45, 2.75) is 19.6 Å². The van der Waals surface area contributed by atoms with Gasteiger partial charge in [-0.2, -0.15) is 0 Å². The molecule has 0 spiro atoms. The summed E-state index contributed by atoms with van der Waals surface area (Å²) in [6, 6.07) is 7.19. The first kappa shape index (κ1) is 11.0. The molecule has 3 nitrogen and oxygen atoms in total. The van der Waals surface area contributed by atoms with Gasteiger partial charge in [-0.25, -0.2) is 4.79 Å². The maximum absolute atomic E-state index is 10.4. The molecule has 1 aromatic rings. The minimum absolute atomic E-state index is 0.215. The van der Waals surface area contributed by atoms with Gasteiger partial charge in [-0.05, 0) is 18.6 Å². The summed E-state index contributed by atoms with van der Waals surface area (Å²) >= 11 is 5.86. The molecule has 76 valence electrons. The quantitative estimate of drug-likeness (QED) is 0.837. The summed E-state index contributed by atoms with van der Waals surface area (Å²) in [5.74, 6) is -0.975. The van der Waals surface area contributed by atoms with E-state index in [2.05, 4.69) is 0 Å². The van der Waals surface area contributed by atoms with Crippen LogP contribution in [0.2, 0.25) is 5.02 Å². The molecule has 4 heteroatoms. The Morgan fingerprint density at radius 3 is 2.79 bits per heavy atom. The Balaban J connectivity index is 2.54. The molecule has 1 atom stereocenters. The lowest BCUT2D eigenvalue weighted by molar-refractivity contribution is -0.149. The predicted octanol–water partition coefficient (Wildman–Crippen LogP) is 2.33. The van der Waals surface area contributed by atoms with E-state index in [0.29, 0.717) is 5.02 Å². The van der Waals surface area contributed by atoms with Crippen LogP contribution in [0.25, 0.3) is 0 Å². The summed E-state index contributed by atoms with van der Waals surface area (Å²) in [7, 11) is 0. The fraction of sp³-hybridized carbons (Fsp3) is 0.300. The molecule has 14 heavy (non-hydrogen) atoms. The van der Waals surface area contributed by atoms with Crippen molar-refractivity contribution >= 4 is 17.6 Å². The molecular weight excluding hydrogens is 204 g/mol. The average molecular weight is 215 g/mol. The highest BCUT2D eigenvalue weighted by Crippen LogP contribution is 2.16. The van der Waals surface area contributed by atoms with E-state index in [9.17, 15) is 4.79 Å². The van der Waals surface area contributed by atoms with Gasteiger partial charge >= 0.3 is 5.97 Å². The molecule has 1 unspecified atom stereocenters. The van der Waals surface area contributed by atoms with Crippen LogP contribution in [0.5, 0.6) is 0 Å². The lowest BCUT2D eigenvalue weighted by Gasteiger charge is -2.09. The van der Waals surface area contributed by atoms with E-state index in [-0.39, 0.29) is 6.61 Å². The first-order chi connectivity index (χ1) is 6.61. The van der Waals surface area contributed by atoms with Crippen LogP contribution in [0.4, 0.5) is 0 Å². The molecule has 0 saturated carbocycles. The first-order valence-electron chi connectivity index (χ1n) is 4.19. The Labute approximate surface area is 87.3 Å². The lowest BCUT2D eigenvalue weighted by atomic mass is 10.2. The average Bonchev–Trinajstić information content (AvgIpc) is 2.16. The first-order valence-corrected chi connectivity index (χ1v) is 4.57. The molecule has 0 aliphatic carbocycles. The van der Waals surface area contributed by atoms with Crippen molar-refractivity contribution in [3.63, 3.8) is 0 Å². The second-order valence-electron chi connectivity index (χ2n) is 2.88. The number of hydrogen-bond donors (Lipinski definition) is 1. The molecule has 0 radical (unpaired) electrons. The van der Waals surface area contributed by atoms with Crippen molar-refractivity contribution < 1.29 is 14.6 Å². The zero-order chi connectivity index (χ0) is 10.6. The molecule has 0 aliphatic heterocycles. The Morgan fingerprint density at radius 1 is 1.57 bits per heavy atom. The van der Waals surface area contributed by atoms with Crippen LogP contribution >= 0.6 is 11.6 Å². The predicted molar refractivity (Wildman–Crippen MR) is 53.3 cm³/mol. The highest BCUT2D eigenvalue weighted by molar-refractivity contribution is 6.31. The number of halogens is 1. The maximum atomic E-state index is 10.4. The monoisotopic (exact) mass is 214 g/mol. The van der Waals surface area contributed by atoms with Gasteiger partial charge in [0.05, 0.1) is 6.61 Å². The van der Waals surface area contributed by atoms with Crippen molar-refractivity contribution in [1.82, 2.24) is 0 Å². The Hall–Kier alpha value is -1.06. The Bertz CT molecular complexity index is 325. The van der Waals surface area contributed by atoms with E-state index < -0.39 is 12.1 Å². The maximum Gasteiger partial charge on any atom is 0.332 e. The molecule has 0 fully saturated rings. The van der Waals surface area contributed by atoms with E-state index in [4.69, 9.17) is 21.4 Å². The molecule has 0 saturated heterocycles. The zero-order valence-electron chi connectivity index (χ0n) is 7.74. The number of carbonyl (C=O) groups is 1. The molecule has 0 bridgehead atoms. The highest BCUT2D eigenvalue weighted by Gasteiger charge is 2.11. The Morgan fingerprint density at radius 2 is 2.21 bits per heavy atom. The summed E-state index contributed by atoms with van der Waals surface area (Å²) < 4.78 is 5.09. The van der Waals surface area contributed by atoms with E-state index >= 15 is 0 Å².